The summed E-state index contributed by atoms with van der Waals surface area (Å²) in [6.45, 7) is 2.13. The lowest BCUT2D eigenvalue weighted by atomic mass is 10.1. The maximum atomic E-state index is 12.6. The zero-order chi connectivity index (χ0) is 20.1. The second kappa shape index (κ2) is 8.38. The van der Waals surface area contributed by atoms with Crippen LogP contribution in [-0.2, 0) is 13.7 Å². The summed E-state index contributed by atoms with van der Waals surface area (Å²) < 4.78 is 12.9. The van der Waals surface area contributed by atoms with Crippen molar-refractivity contribution in [3.8, 4) is 11.5 Å². The Labute approximate surface area is 162 Å². The van der Waals surface area contributed by atoms with Crippen LogP contribution in [0.25, 0.3) is 0 Å². The van der Waals surface area contributed by atoms with Crippen molar-refractivity contribution in [3.63, 3.8) is 0 Å². The Bertz CT molecular complexity index is 972. The molecule has 0 saturated carbocycles. The number of hydrogen-bond acceptors (Lipinski definition) is 7. The van der Waals surface area contributed by atoms with Gasteiger partial charge in [-0.15, -0.1) is 0 Å². The summed E-state index contributed by atoms with van der Waals surface area (Å²) in [5.41, 5.74) is 7.03. The van der Waals surface area contributed by atoms with Gasteiger partial charge in [-0.2, -0.15) is 5.10 Å². The fourth-order valence-corrected chi connectivity index (χ4v) is 2.58. The van der Waals surface area contributed by atoms with E-state index in [0.717, 1.165) is 5.56 Å². The molecule has 0 aliphatic heterocycles. The SMILES string of the molecule is COc1cc(C(=O)NC(C)c2nccc(N)n2)ccc1OCc1cnn(C)c1. The number of benzene rings is 1. The number of nitrogens with one attached hydrogen (secondary N) is 1. The van der Waals surface area contributed by atoms with Gasteiger partial charge in [-0.3, -0.25) is 9.48 Å². The van der Waals surface area contributed by atoms with Gasteiger partial charge in [0.05, 0.1) is 19.3 Å². The Morgan fingerprint density at radius 3 is 2.82 bits per heavy atom. The molecular weight excluding hydrogens is 360 g/mol. The van der Waals surface area contributed by atoms with E-state index in [-0.39, 0.29) is 5.91 Å². The Kier molecular flexibility index (Phi) is 5.73. The van der Waals surface area contributed by atoms with Gasteiger partial charge in [-0.1, -0.05) is 0 Å². The van der Waals surface area contributed by atoms with Gasteiger partial charge in [0.1, 0.15) is 12.4 Å². The highest BCUT2D eigenvalue weighted by molar-refractivity contribution is 5.95. The van der Waals surface area contributed by atoms with Crippen LogP contribution in [0.3, 0.4) is 0 Å². The van der Waals surface area contributed by atoms with Crippen LogP contribution in [0, 0.1) is 0 Å². The van der Waals surface area contributed by atoms with Crippen LogP contribution in [0.5, 0.6) is 11.5 Å². The first-order valence-electron chi connectivity index (χ1n) is 8.64. The third kappa shape index (κ3) is 4.56. The predicted molar refractivity (Wildman–Crippen MR) is 103 cm³/mol. The third-order valence-corrected chi connectivity index (χ3v) is 4.01. The van der Waals surface area contributed by atoms with Crippen molar-refractivity contribution >= 4 is 11.7 Å². The fraction of sp³-hybridized carbons (Fsp3) is 0.263. The number of aryl methyl sites for hydroxylation is 1. The van der Waals surface area contributed by atoms with Gasteiger partial charge in [0.2, 0.25) is 0 Å². The van der Waals surface area contributed by atoms with Crippen LogP contribution in [-0.4, -0.2) is 32.8 Å². The fourth-order valence-electron chi connectivity index (χ4n) is 2.58. The van der Waals surface area contributed by atoms with Crippen molar-refractivity contribution < 1.29 is 14.3 Å². The number of ether oxygens (including phenoxy) is 2. The van der Waals surface area contributed by atoms with Gasteiger partial charge >= 0.3 is 0 Å². The molecule has 2 heterocycles. The molecule has 0 bridgehead atoms. The van der Waals surface area contributed by atoms with E-state index in [9.17, 15) is 4.79 Å². The number of nitrogens with two attached hydrogens (primary N) is 1. The van der Waals surface area contributed by atoms with E-state index in [0.29, 0.717) is 35.3 Å². The average Bonchev–Trinajstić information content (AvgIpc) is 3.11. The quantitative estimate of drug-likeness (QED) is 0.640. The van der Waals surface area contributed by atoms with Crippen molar-refractivity contribution in [2.75, 3.05) is 12.8 Å². The summed E-state index contributed by atoms with van der Waals surface area (Å²) in [7, 11) is 3.37. The second-order valence-corrected chi connectivity index (χ2v) is 6.21. The average molecular weight is 382 g/mol. The van der Waals surface area contributed by atoms with E-state index < -0.39 is 6.04 Å². The molecule has 3 N–H and O–H groups in total. The van der Waals surface area contributed by atoms with Crippen LogP contribution in [0.4, 0.5) is 5.82 Å². The van der Waals surface area contributed by atoms with Crippen molar-refractivity contribution in [2.45, 2.75) is 19.6 Å². The molecule has 1 aromatic carbocycles. The highest BCUT2D eigenvalue weighted by atomic mass is 16.5. The Balaban J connectivity index is 1.68. The van der Waals surface area contributed by atoms with Crippen molar-refractivity contribution in [2.24, 2.45) is 7.05 Å². The molecule has 0 aliphatic rings. The first-order valence-corrected chi connectivity index (χ1v) is 8.64. The van der Waals surface area contributed by atoms with E-state index in [1.807, 2.05) is 13.2 Å². The molecule has 9 heteroatoms. The third-order valence-electron chi connectivity index (χ3n) is 4.01. The molecule has 0 saturated heterocycles. The van der Waals surface area contributed by atoms with Gasteiger partial charge in [-0.05, 0) is 31.2 Å². The number of carbonyl (C=O) groups is 1. The summed E-state index contributed by atoms with van der Waals surface area (Å²) in [4.78, 5) is 20.8. The van der Waals surface area contributed by atoms with Crippen molar-refractivity contribution in [1.29, 1.82) is 0 Å². The smallest absolute Gasteiger partial charge is 0.252 e. The monoisotopic (exact) mass is 382 g/mol. The van der Waals surface area contributed by atoms with Crippen molar-refractivity contribution in [3.05, 3.63) is 59.8 Å². The zero-order valence-electron chi connectivity index (χ0n) is 15.9. The molecule has 28 heavy (non-hydrogen) atoms. The number of nitrogens with zero attached hydrogens (tertiary/aromatic N) is 4. The van der Waals surface area contributed by atoms with Crippen molar-refractivity contribution in [1.82, 2.24) is 25.1 Å². The van der Waals surface area contributed by atoms with Gasteiger partial charge < -0.3 is 20.5 Å². The lowest BCUT2D eigenvalue weighted by molar-refractivity contribution is 0.0938. The Morgan fingerprint density at radius 1 is 1.32 bits per heavy atom. The molecule has 9 nitrogen and oxygen atoms in total. The minimum atomic E-state index is -0.400. The summed E-state index contributed by atoms with van der Waals surface area (Å²) in [6, 6.07) is 6.19. The van der Waals surface area contributed by atoms with Crippen LogP contribution in [0.2, 0.25) is 0 Å². The molecule has 2 aromatic heterocycles. The molecule has 3 rings (SSSR count). The van der Waals surface area contributed by atoms with Gasteiger partial charge in [-0.25, -0.2) is 9.97 Å². The normalized spacial score (nSPS) is 11.7. The molecule has 1 amide bonds. The maximum absolute atomic E-state index is 12.6. The molecular formula is C19H22N6O3. The molecule has 0 fully saturated rings. The number of aromatic nitrogens is 4. The highest BCUT2D eigenvalue weighted by Gasteiger charge is 2.16. The second-order valence-electron chi connectivity index (χ2n) is 6.21. The minimum absolute atomic E-state index is 0.282. The molecule has 0 spiro atoms. The topological polar surface area (TPSA) is 117 Å². The lowest BCUT2D eigenvalue weighted by Crippen LogP contribution is -2.28. The number of methoxy groups -OCH3 is 1. The largest absolute Gasteiger partial charge is 0.493 e. The maximum Gasteiger partial charge on any atom is 0.252 e. The number of rotatable bonds is 7. The first kappa shape index (κ1) is 19.2. The molecule has 0 aliphatic carbocycles. The van der Waals surface area contributed by atoms with Gasteiger partial charge in [0.25, 0.3) is 5.91 Å². The van der Waals surface area contributed by atoms with Crippen LogP contribution < -0.4 is 20.5 Å². The van der Waals surface area contributed by atoms with Gasteiger partial charge in [0.15, 0.2) is 17.3 Å². The van der Waals surface area contributed by atoms with E-state index in [4.69, 9.17) is 15.2 Å². The van der Waals surface area contributed by atoms with Crippen LogP contribution >= 0.6 is 0 Å². The number of anilines is 1. The Morgan fingerprint density at radius 2 is 2.14 bits per heavy atom. The summed E-state index contributed by atoms with van der Waals surface area (Å²) in [5, 5.41) is 6.95. The van der Waals surface area contributed by atoms with E-state index in [1.54, 1.807) is 48.3 Å². The lowest BCUT2D eigenvalue weighted by Gasteiger charge is -2.15. The number of amides is 1. The zero-order valence-corrected chi connectivity index (χ0v) is 15.9. The number of carbonyl (C=O) groups excluding carboxylic acids is 1. The predicted octanol–water partition coefficient (Wildman–Crippen LogP) is 1.87. The Hall–Kier alpha value is -3.62. The van der Waals surface area contributed by atoms with E-state index >= 15 is 0 Å². The van der Waals surface area contributed by atoms with Crippen LogP contribution in [0.15, 0.2) is 42.9 Å². The highest BCUT2D eigenvalue weighted by Crippen LogP contribution is 2.29. The summed E-state index contributed by atoms with van der Waals surface area (Å²) in [6.07, 6.45) is 5.15. The molecule has 1 unspecified atom stereocenters. The van der Waals surface area contributed by atoms with Gasteiger partial charge in [0, 0.05) is 30.6 Å². The molecule has 1 atom stereocenters. The summed E-state index contributed by atoms with van der Waals surface area (Å²) in [5.74, 6) is 1.51. The van der Waals surface area contributed by atoms with Crippen LogP contribution in [0.1, 0.15) is 34.7 Å². The molecule has 0 radical (unpaired) electrons. The number of hydrogen-bond donors (Lipinski definition) is 2. The van der Waals surface area contributed by atoms with E-state index in [2.05, 4.69) is 20.4 Å². The molecule has 146 valence electrons. The number of nitrogen functional groups attached to an aromatic ring is 1. The summed E-state index contributed by atoms with van der Waals surface area (Å²) >= 11 is 0. The molecule has 3 aromatic rings. The van der Waals surface area contributed by atoms with E-state index in [1.165, 1.54) is 7.11 Å². The standard InChI is InChI=1S/C19H22N6O3/c1-12(18-21-7-6-17(20)24-18)23-19(26)14-4-5-15(16(8-14)27-3)28-11-13-9-22-25(2)10-13/h4-10,12H,11H2,1-3H3,(H,23,26)(H2,20,21,24). The first-order chi connectivity index (χ1) is 13.5. The minimum Gasteiger partial charge on any atom is -0.493 e.